The summed E-state index contributed by atoms with van der Waals surface area (Å²) >= 11 is 0. The van der Waals surface area contributed by atoms with Crippen molar-refractivity contribution in [1.29, 1.82) is 0 Å². The van der Waals surface area contributed by atoms with Crippen molar-refractivity contribution in [3.8, 4) is 0 Å². The molecular formula is C19H24FN3O2. The average Bonchev–Trinajstić information content (AvgIpc) is 3.14. The molecule has 1 amide bonds. The zero-order valence-corrected chi connectivity index (χ0v) is 14.4. The van der Waals surface area contributed by atoms with E-state index in [-0.39, 0.29) is 18.1 Å². The lowest BCUT2D eigenvalue weighted by atomic mass is 9.78. The molecule has 1 heterocycles. The van der Waals surface area contributed by atoms with E-state index in [1.165, 1.54) is 12.1 Å². The SMILES string of the molecule is Cc1cc(CC(=O)NC[C@]2(Cc3ccc(F)cc3)CCC[C@@H]2O)n[nH]1. The van der Waals surface area contributed by atoms with Crippen molar-refractivity contribution in [2.24, 2.45) is 5.41 Å². The van der Waals surface area contributed by atoms with Crippen LogP contribution >= 0.6 is 0 Å². The number of hydrogen-bond donors (Lipinski definition) is 3. The van der Waals surface area contributed by atoms with E-state index in [1.54, 1.807) is 12.1 Å². The number of halogens is 1. The normalized spacial score (nSPS) is 22.9. The maximum absolute atomic E-state index is 13.1. The summed E-state index contributed by atoms with van der Waals surface area (Å²) in [7, 11) is 0. The number of hydrogen-bond acceptors (Lipinski definition) is 3. The molecule has 25 heavy (non-hydrogen) atoms. The number of aromatic nitrogens is 2. The maximum Gasteiger partial charge on any atom is 0.226 e. The van der Waals surface area contributed by atoms with Gasteiger partial charge in [0.25, 0.3) is 0 Å². The molecule has 134 valence electrons. The first kappa shape index (κ1) is 17.6. The first-order valence-corrected chi connectivity index (χ1v) is 8.67. The van der Waals surface area contributed by atoms with Crippen molar-refractivity contribution < 1.29 is 14.3 Å². The van der Waals surface area contributed by atoms with E-state index in [9.17, 15) is 14.3 Å². The van der Waals surface area contributed by atoms with Crippen LogP contribution in [0.25, 0.3) is 0 Å². The van der Waals surface area contributed by atoms with Crippen LogP contribution in [0.2, 0.25) is 0 Å². The molecular weight excluding hydrogens is 321 g/mol. The van der Waals surface area contributed by atoms with Gasteiger partial charge in [-0.3, -0.25) is 9.89 Å². The summed E-state index contributed by atoms with van der Waals surface area (Å²) in [5.74, 6) is -0.378. The second-order valence-corrected chi connectivity index (χ2v) is 7.07. The van der Waals surface area contributed by atoms with Crippen LogP contribution in [0.5, 0.6) is 0 Å². The monoisotopic (exact) mass is 345 g/mol. The fourth-order valence-corrected chi connectivity index (χ4v) is 3.67. The minimum absolute atomic E-state index is 0.107. The number of rotatable bonds is 6. The van der Waals surface area contributed by atoms with Gasteiger partial charge in [0.2, 0.25) is 5.91 Å². The molecule has 1 aromatic heterocycles. The van der Waals surface area contributed by atoms with Gasteiger partial charge in [0.05, 0.1) is 18.2 Å². The molecule has 1 aromatic carbocycles. The summed E-state index contributed by atoms with van der Waals surface area (Å²) < 4.78 is 13.1. The largest absolute Gasteiger partial charge is 0.392 e. The molecule has 5 nitrogen and oxygen atoms in total. The molecule has 3 N–H and O–H groups in total. The van der Waals surface area contributed by atoms with Gasteiger partial charge in [-0.15, -0.1) is 0 Å². The zero-order chi connectivity index (χ0) is 17.9. The van der Waals surface area contributed by atoms with Gasteiger partial charge < -0.3 is 10.4 Å². The summed E-state index contributed by atoms with van der Waals surface area (Å²) in [5.41, 5.74) is 2.20. The summed E-state index contributed by atoms with van der Waals surface area (Å²) in [5, 5.41) is 20.4. The Kier molecular flexibility index (Phi) is 5.18. The summed E-state index contributed by atoms with van der Waals surface area (Å²) in [6, 6.07) is 8.21. The van der Waals surface area contributed by atoms with Crippen LogP contribution in [0.3, 0.4) is 0 Å². The van der Waals surface area contributed by atoms with Gasteiger partial charge in [-0.05, 0) is 49.9 Å². The molecule has 0 aliphatic heterocycles. The van der Waals surface area contributed by atoms with E-state index < -0.39 is 11.5 Å². The highest BCUT2D eigenvalue weighted by Gasteiger charge is 2.42. The lowest BCUT2D eigenvalue weighted by Crippen LogP contribution is -2.44. The number of H-pyrrole nitrogens is 1. The van der Waals surface area contributed by atoms with E-state index in [0.717, 1.165) is 30.5 Å². The Morgan fingerprint density at radius 1 is 1.44 bits per heavy atom. The number of benzene rings is 1. The van der Waals surface area contributed by atoms with Crippen molar-refractivity contribution >= 4 is 5.91 Å². The molecule has 1 saturated carbocycles. The van der Waals surface area contributed by atoms with Crippen molar-refractivity contribution in [2.45, 2.75) is 45.1 Å². The topological polar surface area (TPSA) is 78.0 Å². The van der Waals surface area contributed by atoms with Crippen LogP contribution in [0.15, 0.2) is 30.3 Å². The third-order valence-corrected chi connectivity index (χ3v) is 5.07. The van der Waals surface area contributed by atoms with Crippen LogP contribution in [-0.4, -0.2) is 33.9 Å². The van der Waals surface area contributed by atoms with E-state index in [2.05, 4.69) is 15.5 Å². The molecule has 0 saturated heterocycles. The van der Waals surface area contributed by atoms with Gasteiger partial charge in [0.15, 0.2) is 0 Å². The van der Waals surface area contributed by atoms with Crippen LogP contribution in [0, 0.1) is 18.2 Å². The van der Waals surface area contributed by atoms with Gasteiger partial charge in [0, 0.05) is 17.7 Å². The number of carbonyl (C=O) groups is 1. The van der Waals surface area contributed by atoms with Gasteiger partial charge in [-0.2, -0.15) is 5.10 Å². The van der Waals surface area contributed by atoms with Crippen molar-refractivity contribution in [1.82, 2.24) is 15.5 Å². The Morgan fingerprint density at radius 3 is 2.80 bits per heavy atom. The molecule has 0 bridgehead atoms. The number of aromatic amines is 1. The van der Waals surface area contributed by atoms with Crippen molar-refractivity contribution in [3.05, 3.63) is 53.1 Å². The van der Waals surface area contributed by atoms with Crippen LogP contribution in [-0.2, 0) is 17.6 Å². The number of aryl methyl sites for hydroxylation is 1. The molecule has 2 atom stereocenters. The quantitative estimate of drug-likeness (QED) is 0.752. The molecule has 1 fully saturated rings. The maximum atomic E-state index is 13.1. The van der Waals surface area contributed by atoms with Crippen LogP contribution in [0.4, 0.5) is 4.39 Å². The molecule has 0 radical (unpaired) electrons. The Hall–Kier alpha value is -2.21. The molecule has 0 unspecified atom stereocenters. The molecule has 2 aromatic rings. The van der Waals surface area contributed by atoms with Crippen LogP contribution in [0.1, 0.15) is 36.2 Å². The van der Waals surface area contributed by atoms with Gasteiger partial charge in [-0.25, -0.2) is 4.39 Å². The summed E-state index contributed by atoms with van der Waals surface area (Å²) in [4.78, 5) is 12.2. The predicted octanol–water partition coefficient (Wildman–Crippen LogP) is 2.29. The van der Waals surface area contributed by atoms with Crippen molar-refractivity contribution in [3.63, 3.8) is 0 Å². The minimum Gasteiger partial charge on any atom is -0.392 e. The molecule has 6 heteroatoms. The minimum atomic E-state index is -0.467. The lowest BCUT2D eigenvalue weighted by Gasteiger charge is -2.33. The predicted molar refractivity (Wildman–Crippen MR) is 92.4 cm³/mol. The smallest absolute Gasteiger partial charge is 0.226 e. The highest BCUT2D eigenvalue weighted by molar-refractivity contribution is 5.78. The van der Waals surface area contributed by atoms with E-state index >= 15 is 0 Å². The molecule has 0 spiro atoms. The lowest BCUT2D eigenvalue weighted by molar-refractivity contribution is -0.121. The second-order valence-electron chi connectivity index (χ2n) is 7.07. The number of amides is 1. The van der Waals surface area contributed by atoms with Crippen molar-refractivity contribution in [2.75, 3.05) is 6.54 Å². The zero-order valence-electron chi connectivity index (χ0n) is 14.4. The number of aliphatic hydroxyl groups is 1. The number of nitrogens with zero attached hydrogens (tertiary/aromatic N) is 1. The number of aliphatic hydroxyl groups excluding tert-OH is 1. The fourth-order valence-electron chi connectivity index (χ4n) is 3.67. The third kappa shape index (κ3) is 4.25. The molecule has 1 aliphatic rings. The first-order valence-electron chi connectivity index (χ1n) is 8.67. The Balaban J connectivity index is 1.64. The summed E-state index contributed by atoms with van der Waals surface area (Å²) in [6.07, 6.45) is 2.87. The standard InChI is InChI=1S/C19H24FN3O2/c1-13-9-16(23-22-13)10-18(25)21-12-19(8-2-3-17(19)24)11-14-4-6-15(20)7-5-14/h4-7,9,17,24H,2-3,8,10-12H2,1H3,(H,21,25)(H,22,23)/t17-,19+/m0/s1. The summed E-state index contributed by atoms with van der Waals surface area (Å²) in [6.45, 7) is 2.30. The number of nitrogens with one attached hydrogen (secondary N) is 2. The fraction of sp³-hybridized carbons (Fsp3) is 0.474. The Morgan fingerprint density at radius 2 is 2.20 bits per heavy atom. The van der Waals surface area contributed by atoms with Crippen LogP contribution < -0.4 is 5.32 Å². The van der Waals surface area contributed by atoms with E-state index in [4.69, 9.17) is 0 Å². The second kappa shape index (κ2) is 7.35. The molecule has 1 aliphatic carbocycles. The van der Waals surface area contributed by atoms with Gasteiger partial charge in [-0.1, -0.05) is 18.6 Å². The number of carbonyl (C=O) groups excluding carboxylic acids is 1. The van der Waals surface area contributed by atoms with Gasteiger partial charge >= 0.3 is 0 Å². The Labute approximate surface area is 146 Å². The highest BCUT2D eigenvalue weighted by Crippen LogP contribution is 2.40. The average molecular weight is 345 g/mol. The Bertz CT molecular complexity index is 729. The highest BCUT2D eigenvalue weighted by atomic mass is 19.1. The van der Waals surface area contributed by atoms with E-state index in [1.807, 2.05) is 13.0 Å². The van der Waals surface area contributed by atoms with E-state index in [0.29, 0.717) is 18.7 Å². The van der Waals surface area contributed by atoms with Gasteiger partial charge in [0.1, 0.15) is 5.82 Å². The molecule has 3 rings (SSSR count). The third-order valence-electron chi connectivity index (χ3n) is 5.07. The first-order chi connectivity index (χ1) is 12.0.